The van der Waals surface area contributed by atoms with E-state index in [1.54, 1.807) is 24.3 Å². The van der Waals surface area contributed by atoms with Gasteiger partial charge in [-0.3, -0.25) is 14.9 Å². The minimum absolute atomic E-state index is 0.0267. The van der Waals surface area contributed by atoms with Crippen molar-refractivity contribution >= 4 is 29.3 Å². The summed E-state index contributed by atoms with van der Waals surface area (Å²) >= 11 is 1.41. The van der Waals surface area contributed by atoms with Gasteiger partial charge in [-0.05, 0) is 29.7 Å². The molecule has 4 nitrogen and oxygen atoms in total. The van der Waals surface area contributed by atoms with E-state index in [4.69, 9.17) is 0 Å². The highest BCUT2D eigenvalue weighted by Gasteiger charge is 2.25. The van der Waals surface area contributed by atoms with Crippen molar-refractivity contribution in [3.63, 3.8) is 0 Å². The summed E-state index contributed by atoms with van der Waals surface area (Å²) in [6.07, 6.45) is 1.73. The van der Waals surface area contributed by atoms with Crippen molar-refractivity contribution in [1.29, 1.82) is 0 Å². The molecule has 2 aromatic rings. The van der Waals surface area contributed by atoms with E-state index in [0.717, 1.165) is 4.90 Å². The summed E-state index contributed by atoms with van der Waals surface area (Å²) in [5.41, 5.74) is 2.16. The van der Waals surface area contributed by atoms with E-state index in [1.165, 1.54) is 11.8 Å². The number of benzene rings is 2. The van der Waals surface area contributed by atoms with Crippen molar-refractivity contribution in [2.45, 2.75) is 24.7 Å². The SMILES string of the molecule is CC(C)c1ccc(/C=C2\Sc3ccccc3C2=O)cc1[N+](=O)[O-]. The quantitative estimate of drug-likeness (QED) is 0.450. The number of nitro benzene ring substituents is 1. The van der Waals surface area contributed by atoms with Gasteiger partial charge >= 0.3 is 0 Å². The Hall–Kier alpha value is -2.40. The Morgan fingerprint density at radius 1 is 1.17 bits per heavy atom. The zero-order valence-corrected chi connectivity index (χ0v) is 13.6. The molecule has 0 saturated heterocycles. The Bertz CT molecular complexity index is 840. The van der Waals surface area contributed by atoms with Crippen LogP contribution in [0.25, 0.3) is 6.08 Å². The maximum Gasteiger partial charge on any atom is 0.273 e. The Balaban J connectivity index is 2.00. The number of nitro groups is 1. The van der Waals surface area contributed by atoms with E-state index >= 15 is 0 Å². The summed E-state index contributed by atoms with van der Waals surface area (Å²) in [6, 6.07) is 12.6. The number of hydrogen-bond donors (Lipinski definition) is 0. The maximum absolute atomic E-state index is 12.4. The van der Waals surface area contributed by atoms with Crippen LogP contribution < -0.4 is 0 Å². The Morgan fingerprint density at radius 2 is 1.91 bits per heavy atom. The minimum Gasteiger partial charge on any atom is -0.288 e. The molecule has 2 aromatic carbocycles. The molecule has 0 unspecified atom stereocenters. The Labute approximate surface area is 138 Å². The van der Waals surface area contributed by atoms with Gasteiger partial charge < -0.3 is 0 Å². The second-order valence-corrected chi connectivity index (χ2v) is 6.75. The van der Waals surface area contributed by atoms with Gasteiger partial charge in [0.2, 0.25) is 5.78 Å². The monoisotopic (exact) mass is 325 g/mol. The number of Topliss-reactive ketones (excluding diaryl/α,β-unsaturated/α-hetero) is 1. The van der Waals surface area contributed by atoms with Crippen LogP contribution in [0.1, 0.15) is 41.3 Å². The van der Waals surface area contributed by atoms with E-state index in [1.807, 2.05) is 38.1 Å². The lowest BCUT2D eigenvalue weighted by molar-refractivity contribution is -0.385. The van der Waals surface area contributed by atoms with Gasteiger partial charge in [-0.1, -0.05) is 49.9 Å². The normalized spacial score (nSPS) is 15.3. The van der Waals surface area contributed by atoms with E-state index in [9.17, 15) is 14.9 Å². The first kappa shape index (κ1) is 15.5. The van der Waals surface area contributed by atoms with Gasteiger partial charge in [-0.2, -0.15) is 0 Å². The van der Waals surface area contributed by atoms with Crippen LogP contribution in [0.2, 0.25) is 0 Å². The van der Waals surface area contributed by atoms with Gasteiger partial charge in [0.15, 0.2) is 0 Å². The third kappa shape index (κ3) is 2.92. The molecule has 1 aliphatic heterocycles. The second-order valence-electron chi connectivity index (χ2n) is 5.67. The zero-order chi connectivity index (χ0) is 16.6. The molecular weight excluding hydrogens is 310 g/mol. The van der Waals surface area contributed by atoms with Gasteiger partial charge in [0.1, 0.15) is 0 Å². The minimum atomic E-state index is -0.365. The van der Waals surface area contributed by atoms with Crippen molar-refractivity contribution < 1.29 is 9.72 Å². The summed E-state index contributed by atoms with van der Waals surface area (Å²) in [4.78, 5) is 24.8. The molecule has 5 heteroatoms. The summed E-state index contributed by atoms with van der Waals surface area (Å²) in [7, 11) is 0. The highest BCUT2D eigenvalue weighted by Crippen LogP contribution is 2.41. The smallest absolute Gasteiger partial charge is 0.273 e. The molecule has 0 aromatic heterocycles. The average Bonchev–Trinajstić information content (AvgIpc) is 2.83. The molecule has 3 rings (SSSR count). The fraction of sp³-hybridized carbons (Fsp3) is 0.167. The summed E-state index contributed by atoms with van der Waals surface area (Å²) in [6.45, 7) is 3.85. The molecule has 0 atom stereocenters. The molecule has 0 N–H and O–H groups in total. The van der Waals surface area contributed by atoms with Crippen LogP contribution >= 0.6 is 11.8 Å². The summed E-state index contributed by atoms with van der Waals surface area (Å²) in [5, 5.41) is 11.3. The van der Waals surface area contributed by atoms with Crippen molar-refractivity contribution in [2.75, 3.05) is 0 Å². The highest BCUT2D eigenvalue weighted by atomic mass is 32.2. The Kier molecular flexibility index (Phi) is 4.05. The van der Waals surface area contributed by atoms with Gasteiger partial charge in [-0.25, -0.2) is 0 Å². The molecule has 0 saturated carbocycles. The van der Waals surface area contributed by atoms with Crippen molar-refractivity contribution in [1.82, 2.24) is 0 Å². The van der Waals surface area contributed by atoms with Crippen LogP contribution in [0.4, 0.5) is 5.69 Å². The van der Waals surface area contributed by atoms with Gasteiger partial charge in [0, 0.05) is 22.1 Å². The lowest BCUT2D eigenvalue weighted by atomic mass is 9.99. The molecule has 23 heavy (non-hydrogen) atoms. The first-order valence-corrected chi connectivity index (χ1v) is 8.10. The van der Waals surface area contributed by atoms with Crippen LogP contribution in [0.15, 0.2) is 52.3 Å². The van der Waals surface area contributed by atoms with E-state index in [-0.39, 0.29) is 22.3 Å². The number of nitrogens with zero attached hydrogens (tertiary/aromatic N) is 1. The number of ketones is 1. The standard InChI is InChI=1S/C18H15NO3S/c1-11(2)13-8-7-12(9-15(13)19(21)22)10-17-18(20)14-5-3-4-6-16(14)23-17/h3-11H,1-2H3/b17-10-. The molecule has 116 valence electrons. The van der Waals surface area contributed by atoms with E-state index in [2.05, 4.69) is 0 Å². The molecule has 1 heterocycles. The maximum atomic E-state index is 12.4. The number of allylic oxidation sites excluding steroid dienone is 1. The lowest BCUT2D eigenvalue weighted by Gasteiger charge is -2.07. The number of fused-ring (bicyclic) bond motifs is 1. The fourth-order valence-corrected chi connectivity index (χ4v) is 3.64. The number of thioether (sulfide) groups is 1. The van der Waals surface area contributed by atoms with Crippen LogP contribution in [0, 0.1) is 10.1 Å². The first-order valence-electron chi connectivity index (χ1n) is 7.29. The molecule has 0 radical (unpaired) electrons. The van der Waals surface area contributed by atoms with Crippen LogP contribution in [-0.2, 0) is 0 Å². The zero-order valence-electron chi connectivity index (χ0n) is 12.8. The van der Waals surface area contributed by atoms with Crippen molar-refractivity contribution in [2.24, 2.45) is 0 Å². The van der Waals surface area contributed by atoms with E-state index < -0.39 is 0 Å². The predicted molar refractivity (Wildman–Crippen MR) is 91.8 cm³/mol. The number of rotatable bonds is 3. The molecule has 0 fully saturated rings. The average molecular weight is 325 g/mol. The summed E-state index contributed by atoms with van der Waals surface area (Å²) < 4.78 is 0. The van der Waals surface area contributed by atoms with Crippen LogP contribution in [0.3, 0.4) is 0 Å². The third-order valence-corrected chi connectivity index (χ3v) is 4.85. The van der Waals surface area contributed by atoms with Gasteiger partial charge in [-0.15, -0.1) is 0 Å². The topological polar surface area (TPSA) is 60.2 Å². The van der Waals surface area contributed by atoms with Gasteiger partial charge in [0.05, 0.1) is 9.83 Å². The lowest BCUT2D eigenvalue weighted by Crippen LogP contribution is -1.98. The molecule has 1 aliphatic rings. The molecular formula is C18H15NO3S. The number of hydrogen-bond acceptors (Lipinski definition) is 4. The highest BCUT2D eigenvalue weighted by molar-refractivity contribution is 8.04. The number of carbonyl (C=O) groups is 1. The predicted octanol–water partition coefficient (Wildman–Crippen LogP) is 5.05. The first-order chi connectivity index (χ1) is 11.0. The van der Waals surface area contributed by atoms with Crippen LogP contribution in [0.5, 0.6) is 0 Å². The fourth-order valence-electron chi connectivity index (χ4n) is 2.58. The molecule has 0 bridgehead atoms. The molecule has 0 spiro atoms. The third-order valence-electron chi connectivity index (χ3n) is 3.75. The Morgan fingerprint density at radius 3 is 2.57 bits per heavy atom. The van der Waals surface area contributed by atoms with E-state index in [0.29, 0.717) is 21.6 Å². The summed E-state index contributed by atoms with van der Waals surface area (Å²) in [5.74, 6) is 0.0463. The largest absolute Gasteiger partial charge is 0.288 e. The van der Waals surface area contributed by atoms with Gasteiger partial charge in [0.25, 0.3) is 5.69 Å². The van der Waals surface area contributed by atoms with Crippen molar-refractivity contribution in [3.8, 4) is 0 Å². The molecule has 0 amide bonds. The van der Waals surface area contributed by atoms with Crippen LogP contribution in [-0.4, -0.2) is 10.7 Å². The van der Waals surface area contributed by atoms with Crippen molar-refractivity contribution in [3.05, 3.63) is 74.2 Å². The second kappa shape index (κ2) is 6.01. The molecule has 0 aliphatic carbocycles. The number of carbonyl (C=O) groups excluding carboxylic acids is 1.